The smallest absolute Gasteiger partial charge is 0.246 e. The summed E-state index contributed by atoms with van der Waals surface area (Å²) in [5.41, 5.74) is 2.18. The van der Waals surface area contributed by atoms with Crippen LogP contribution in [0.3, 0.4) is 0 Å². The summed E-state index contributed by atoms with van der Waals surface area (Å²) in [6, 6.07) is 26.9. The number of rotatable bonds is 8. The summed E-state index contributed by atoms with van der Waals surface area (Å²) in [6.45, 7) is 0.355. The minimum atomic E-state index is -0.885. The number of aromatic hydroxyl groups is 1. The van der Waals surface area contributed by atoms with Crippen molar-refractivity contribution in [3.8, 4) is 5.75 Å². The fourth-order valence-corrected chi connectivity index (χ4v) is 4.83. The van der Waals surface area contributed by atoms with Crippen molar-refractivity contribution in [1.82, 2.24) is 10.6 Å². The lowest BCUT2D eigenvalue weighted by Gasteiger charge is -2.37. The first-order chi connectivity index (χ1) is 16.6. The van der Waals surface area contributed by atoms with Crippen LogP contribution in [-0.2, 0) is 16.1 Å². The van der Waals surface area contributed by atoms with Gasteiger partial charge in [-0.3, -0.25) is 9.59 Å². The molecule has 0 unspecified atom stereocenters. The molecule has 0 atom stereocenters. The molecule has 34 heavy (non-hydrogen) atoms. The molecule has 176 valence electrons. The molecule has 0 aromatic heterocycles. The molecule has 0 saturated heterocycles. The highest BCUT2D eigenvalue weighted by Gasteiger charge is 2.41. The number of carbonyl (C=O) groups excluding carboxylic acids is 2. The summed E-state index contributed by atoms with van der Waals surface area (Å²) >= 11 is 0. The van der Waals surface area contributed by atoms with Gasteiger partial charge in [0.1, 0.15) is 11.3 Å². The highest BCUT2D eigenvalue weighted by Crippen LogP contribution is 2.31. The van der Waals surface area contributed by atoms with Gasteiger partial charge in [-0.1, -0.05) is 92.1 Å². The van der Waals surface area contributed by atoms with Gasteiger partial charge in [0.15, 0.2) is 0 Å². The average Bonchev–Trinajstić information content (AvgIpc) is 2.88. The first kappa shape index (κ1) is 23.6. The summed E-state index contributed by atoms with van der Waals surface area (Å²) in [7, 11) is 0. The molecule has 0 radical (unpaired) electrons. The quantitative estimate of drug-likeness (QED) is 0.444. The lowest BCUT2D eigenvalue weighted by Crippen LogP contribution is -2.59. The minimum absolute atomic E-state index is 0.0805. The van der Waals surface area contributed by atoms with E-state index >= 15 is 0 Å². The number of amides is 2. The van der Waals surface area contributed by atoms with Gasteiger partial charge in [0.25, 0.3) is 0 Å². The Morgan fingerprint density at radius 3 is 1.91 bits per heavy atom. The van der Waals surface area contributed by atoms with E-state index in [0.29, 0.717) is 19.4 Å². The van der Waals surface area contributed by atoms with Crippen LogP contribution in [0.4, 0.5) is 0 Å². The number of benzene rings is 3. The van der Waals surface area contributed by atoms with E-state index in [1.807, 2.05) is 60.7 Å². The van der Waals surface area contributed by atoms with E-state index in [2.05, 4.69) is 10.6 Å². The van der Waals surface area contributed by atoms with Crippen molar-refractivity contribution >= 4 is 11.8 Å². The summed E-state index contributed by atoms with van der Waals surface area (Å²) < 4.78 is 0. The number of hydrogen-bond donors (Lipinski definition) is 3. The lowest BCUT2D eigenvalue weighted by molar-refractivity contribution is -0.135. The molecular formula is C29H32N2O3. The van der Waals surface area contributed by atoms with E-state index in [1.165, 1.54) is 0 Å². The lowest BCUT2D eigenvalue weighted by atomic mass is 9.80. The van der Waals surface area contributed by atoms with Crippen LogP contribution in [0.25, 0.3) is 0 Å². The SMILES string of the molecule is O=C(CC(c1ccccc1)c1ccccc1)NC1(C(=O)NCc2ccc(O)cc2)CCCCC1. The van der Waals surface area contributed by atoms with Crippen LogP contribution in [0.15, 0.2) is 84.9 Å². The number of hydrogen-bond acceptors (Lipinski definition) is 3. The highest BCUT2D eigenvalue weighted by atomic mass is 16.3. The highest BCUT2D eigenvalue weighted by molar-refractivity contribution is 5.92. The second-order valence-electron chi connectivity index (χ2n) is 9.12. The number of phenolic OH excluding ortho intramolecular Hbond substituents is 1. The molecule has 1 aliphatic carbocycles. The maximum absolute atomic E-state index is 13.4. The van der Waals surface area contributed by atoms with Gasteiger partial charge in [0.2, 0.25) is 11.8 Å². The van der Waals surface area contributed by atoms with E-state index in [0.717, 1.165) is 36.0 Å². The van der Waals surface area contributed by atoms with Gasteiger partial charge < -0.3 is 15.7 Å². The Bertz CT molecular complexity index is 1040. The zero-order chi connectivity index (χ0) is 23.8. The maximum atomic E-state index is 13.4. The molecular weight excluding hydrogens is 424 g/mol. The second kappa shape index (κ2) is 11.0. The Balaban J connectivity index is 1.48. The molecule has 0 aliphatic heterocycles. The molecule has 3 aromatic rings. The molecule has 3 aromatic carbocycles. The van der Waals surface area contributed by atoms with Crippen LogP contribution < -0.4 is 10.6 Å². The van der Waals surface area contributed by atoms with Crippen molar-refractivity contribution in [2.24, 2.45) is 0 Å². The fourth-order valence-electron chi connectivity index (χ4n) is 4.83. The summed E-state index contributed by atoms with van der Waals surface area (Å²) in [5.74, 6) is -0.135. The average molecular weight is 457 g/mol. The van der Waals surface area contributed by atoms with Gasteiger partial charge in [-0.05, 0) is 41.7 Å². The third-order valence-corrected chi connectivity index (χ3v) is 6.70. The molecule has 0 heterocycles. The number of phenols is 1. The van der Waals surface area contributed by atoms with Gasteiger partial charge in [0, 0.05) is 18.9 Å². The van der Waals surface area contributed by atoms with Crippen molar-refractivity contribution in [1.29, 1.82) is 0 Å². The van der Waals surface area contributed by atoms with Crippen LogP contribution >= 0.6 is 0 Å². The second-order valence-corrected chi connectivity index (χ2v) is 9.12. The molecule has 2 amide bonds. The molecule has 0 spiro atoms. The van der Waals surface area contributed by atoms with Crippen LogP contribution in [0.1, 0.15) is 61.1 Å². The topological polar surface area (TPSA) is 78.4 Å². The molecule has 1 saturated carbocycles. The van der Waals surface area contributed by atoms with Crippen LogP contribution in [0, 0.1) is 0 Å². The van der Waals surface area contributed by atoms with Crippen LogP contribution in [0.5, 0.6) is 5.75 Å². The van der Waals surface area contributed by atoms with E-state index in [9.17, 15) is 14.7 Å². The Hall–Kier alpha value is -3.60. The largest absolute Gasteiger partial charge is 0.508 e. The van der Waals surface area contributed by atoms with Crippen molar-refractivity contribution in [2.75, 3.05) is 0 Å². The predicted molar refractivity (Wildman–Crippen MR) is 133 cm³/mol. The van der Waals surface area contributed by atoms with E-state index < -0.39 is 5.54 Å². The van der Waals surface area contributed by atoms with E-state index in [4.69, 9.17) is 0 Å². The minimum Gasteiger partial charge on any atom is -0.508 e. The first-order valence-electron chi connectivity index (χ1n) is 12.0. The molecule has 3 N–H and O–H groups in total. The molecule has 5 nitrogen and oxygen atoms in total. The normalized spacial score (nSPS) is 15.0. The van der Waals surface area contributed by atoms with Crippen LogP contribution in [-0.4, -0.2) is 22.5 Å². The zero-order valence-corrected chi connectivity index (χ0v) is 19.4. The standard InChI is InChI=1S/C29H32N2O3/c32-25-16-14-22(15-17-25)21-30-28(34)29(18-8-3-9-19-29)31-27(33)20-26(23-10-4-1-5-11-23)24-12-6-2-7-13-24/h1-2,4-7,10-17,26,32H,3,8-9,18-21H2,(H,30,34)(H,31,33). The van der Waals surface area contributed by atoms with Gasteiger partial charge >= 0.3 is 0 Å². The van der Waals surface area contributed by atoms with Crippen LogP contribution in [0.2, 0.25) is 0 Å². The summed E-state index contributed by atoms with van der Waals surface area (Å²) in [6.07, 6.45) is 4.45. The monoisotopic (exact) mass is 456 g/mol. The molecule has 0 bridgehead atoms. The van der Waals surface area contributed by atoms with Gasteiger partial charge in [0.05, 0.1) is 0 Å². The molecule has 1 fully saturated rings. The third kappa shape index (κ3) is 5.84. The summed E-state index contributed by atoms with van der Waals surface area (Å²) in [4.78, 5) is 26.7. The van der Waals surface area contributed by atoms with E-state index in [-0.39, 0.29) is 29.9 Å². The van der Waals surface area contributed by atoms with Crippen molar-refractivity contribution in [3.63, 3.8) is 0 Å². The Kier molecular flexibility index (Phi) is 7.63. The van der Waals surface area contributed by atoms with Crippen molar-refractivity contribution in [3.05, 3.63) is 102 Å². The Morgan fingerprint density at radius 2 is 1.35 bits per heavy atom. The predicted octanol–water partition coefficient (Wildman–Crippen LogP) is 5.05. The Labute approximate surface area is 201 Å². The molecule has 1 aliphatic rings. The molecule has 4 rings (SSSR count). The van der Waals surface area contributed by atoms with Crippen molar-refractivity contribution in [2.45, 2.75) is 56.5 Å². The fraction of sp³-hybridized carbons (Fsp3) is 0.310. The number of carbonyl (C=O) groups is 2. The van der Waals surface area contributed by atoms with Gasteiger partial charge in [-0.2, -0.15) is 0 Å². The van der Waals surface area contributed by atoms with Gasteiger partial charge in [-0.15, -0.1) is 0 Å². The maximum Gasteiger partial charge on any atom is 0.246 e. The first-order valence-corrected chi connectivity index (χ1v) is 12.0. The summed E-state index contributed by atoms with van der Waals surface area (Å²) in [5, 5.41) is 15.7. The Morgan fingerprint density at radius 1 is 0.794 bits per heavy atom. The number of nitrogens with one attached hydrogen (secondary N) is 2. The third-order valence-electron chi connectivity index (χ3n) is 6.70. The zero-order valence-electron chi connectivity index (χ0n) is 19.4. The van der Waals surface area contributed by atoms with Gasteiger partial charge in [-0.25, -0.2) is 0 Å². The van der Waals surface area contributed by atoms with E-state index in [1.54, 1.807) is 24.3 Å². The molecule has 5 heteroatoms. The van der Waals surface area contributed by atoms with Crippen molar-refractivity contribution < 1.29 is 14.7 Å².